The van der Waals surface area contributed by atoms with Crippen LogP contribution < -0.4 is 5.32 Å². The highest BCUT2D eigenvalue weighted by Crippen LogP contribution is 2.25. The third-order valence-corrected chi connectivity index (χ3v) is 3.00. The lowest BCUT2D eigenvalue weighted by Gasteiger charge is -2.07. The van der Waals surface area contributed by atoms with Crippen LogP contribution in [0.15, 0.2) is 28.9 Å². The minimum absolute atomic E-state index is 0.289. The number of rotatable bonds is 2. The molecule has 88 valence electrons. The van der Waals surface area contributed by atoms with Gasteiger partial charge in [0.15, 0.2) is 5.82 Å². The third-order valence-electron chi connectivity index (χ3n) is 2.42. The Morgan fingerprint density at radius 3 is 2.82 bits per heavy atom. The summed E-state index contributed by atoms with van der Waals surface area (Å²) in [4.78, 5) is 8.52. The van der Waals surface area contributed by atoms with Gasteiger partial charge in [0.25, 0.3) is 0 Å². The third kappa shape index (κ3) is 2.44. The highest BCUT2D eigenvalue weighted by molar-refractivity contribution is 9.10. The molecule has 0 saturated heterocycles. The largest absolute Gasteiger partial charge is 0.372 e. The van der Waals surface area contributed by atoms with Crippen molar-refractivity contribution in [1.82, 2.24) is 9.97 Å². The molecule has 1 heterocycles. The number of aryl methyl sites for hydroxylation is 1. The summed E-state index contributed by atoms with van der Waals surface area (Å²) in [7, 11) is 1.77. The molecule has 0 aliphatic rings. The van der Waals surface area contributed by atoms with Gasteiger partial charge in [0, 0.05) is 18.8 Å². The minimum Gasteiger partial charge on any atom is -0.372 e. The van der Waals surface area contributed by atoms with Crippen LogP contribution in [0.4, 0.5) is 10.2 Å². The van der Waals surface area contributed by atoms with E-state index >= 15 is 0 Å². The molecule has 0 spiro atoms. The van der Waals surface area contributed by atoms with E-state index < -0.39 is 0 Å². The van der Waals surface area contributed by atoms with Crippen LogP contribution in [-0.2, 0) is 0 Å². The Hall–Kier alpha value is -1.49. The molecule has 2 aromatic rings. The van der Waals surface area contributed by atoms with Crippen molar-refractivity contribution in [2.24, 2.45) is 0 Å². The van der Waals surface area contributed by atoms with E-state index in [9.17, 15) is 4.39 Å². The first-order chi connectivity index (χ1) is 8.11. The molecule has 0 atom stereocenters. The summed E-state index contributed by atoms with van der Waals surface area (Å²) in [5, 5.41) is 2.95. The Balaban J connectivity index is 2.56. The fourth-order valence-corrected chi connectivity index (χ4v) is 1.90. The van der Waals surface area contributed by atoms with Gasteiger partial charge >= 0.3 is 0 Å². The lowest BCUT2D eigenvalue weighted by atomic mass is 10.1. The van der Waals surface area contributed by atoms with E-state index in [1.807, 2.05) is 6.92 Å². The zero-order chi connectivity index (χ0) is 12.4. The van der Waals surface area contributed by atoms with Gasteiger partial charge in [0.1, 0.15) is 11.6 Å². The number of nitrogens with one attached hydrogen (secondary N) is 1. The van der Waals surface area contributed by atoms with E-state index in [1.54, 1.807) is 19.3 Å². The van der Waals surface area contributed by atoms with Gasteiger partial charge in [-0.3, -0.25) is 0 Å². The summed E-state index contributed by atoms with van der Waals surface area (Å²) < 4.78 is 14.0. The number of nitrogens with zero attached hydrogens (tertiary/aromatic N) is 2. The molecule has 5 heteroatoms. The zero-order valence-corrected chi connectivity index (χ0v) is 11.0. The number of halogens is 2. The van der Waals surface area contributed by atoms with E-state index in [4.69, 9.17) is 0 Å². The number of hydrogen-bond donors (Lipinski definition) is 1. The first kappa shape index (κ1) is 12.0. The highest BCUT2D eigenvalue weighted by Gasteiger charge is 2.09. The van der Waals surface area contributed by atoms with Crippen LogP contribution in [0, 0.1) is 12.7 Å². The zero-order valence-electron chi connectivity index (χ0n) is 9.46. The Morgan fingerprint density at radius 2 is 2.12 bits per heavy atom. The fraction of sp³-hybridized carbons (Fsp3) is 0.167. The van der Waals surface area contributed by atoms with Crippen LogP contribution in [0.1, 0.15) is 5.56 Å². The molecule has 0 fully saturated rings. The maximum atomic E-state index is 13.2. The van der Waals surface area contributed by atoms with Crippen LogP contribution in [-0.4, -0.2) is 17.0 Å². The number of benzene rings is 1. The predicted molar refractivity (Wildman–Crippen MR) is 69.4 cm³/mol. The molecule has 3 nitrogen and oxygen atoms in total. The van der Waals surface area contributed by atoms with Crippen LogP contribution in [0.3, 0.4) is 0 Å². The van der Waals surface area contributed by atoms with E-state index in [-0.39, 0.29) is 5.82 Å². The number of hydrogen-bond acceptors (Lipinski definition) is 3. The van der Waals surface area contributed by atoms with Crippen LogP contribution >= 0.6 is 15.9 Å². The summed E-state index contributed by atoms with van der Waals surface area (Å²) in [5.74, 6) is 0.899. The molecular weight excluding hydrogens is 285 g/mol. The molecule has 0 radical (unpaired) electrons. The lowest BCUT2D eigenvalue weighted by Crippen LogP contribution is -1.98. The Kier molecular flexibility index (Phi) is 3.38. The molecular formula is C12H11BrFN3. The van der Waals surface area contributed by atoms with E-state index in [0.29, 0.717) is 17.2 Å². The van der Waals surface area contributed by atoms with Gasteiger partial charge < -0.3 is 5.32 Å². The SMILES string of the molecule is CNc1nc(-c2cc(F)ccc2C)ncc1Br. The highest BCUT2D eigenvalue weighted by atomic mass is 79.9. The fourth-order valence-electron chi connectivity index (χ4n) is 1.51. The number of aromatic nitrogens is 2. The van der Waals surface area contributed by atoms with Gasteiger partial charge in [-0.05, 0) is 40.5 Å². The average Bonchev–Trinajstić information content (AvgIpc) is 2.33. The maximum absolute atomic E-state index is 13.2. The second-order valence-corrected chi connectivity index (χ2v) is 4.45. The quantitative estimate of drug-likeness (QED) is 0.923. The van der Waals surface area contributed by atoms with Gasteiger partial charge in [0.05, 0.1) is 4.47 Å². The van der Waals surface area contributed by atoms with Crippen molar-refractivity contribution in [3.05, 3.63) is 40.2 Å². The summed E-state index contributed by atoms with van der Waals surface area (Å²) in [5.41, 5.74) is 1.64. The normalized spacial score (nSPS) is 10.4. The molecule has 0 unspecified atom stereocenters. The molecule has 1 aromatic carbocycles. The van der Waals surface area contributed by atoms with Crippen LogP contribution in [0.25, 0.3) is 11.4 Å². The number of anilines is 1. The Labute approximate surface area is 107 Å². The smallest absolute Gasteiger partial charge is 0.161 e. The van der Waals surface area contributed by atoms with Gasteiger partial charge in [0.2, 0.25) is 0 Å². The average molecular weight is 296 g/mol. The molecule has 0 bridgehead atoms. The van der Waals surface area contributed by atoms with Crippen LogP contribution in [0.2, 0.25) is 0 Å². The van der Waals surface area contributed by atoms with Crippen molar-refractivity contribution < 1.29 is 4.39 Å². The van der Waals surface area contributed by atoms with Gasteiger partial charge in [-0.1, -0.05) is 6.07 Å². The Morgan fingerprint density at radius 1 is 1.35 bits per heavy atom. The first-order valence-electron chi connectivity index (χ1n) is 5.08. The van der Waals surface area contributed by atoms with Gasteiger partial charge in [-0.25, -0.2) is 14.4 Å². The van der Waals surface area contributed by atoms with Crippen molar-refractivity contribution >= 4 is 21.7 Å². The second kappa shape index (κ2) is 4.79. The predicted octanol–water partition coefficient (Wildman–Crippen LogP) is 3.40. The molecule has 0 aliphatic heterocycles. The van der Waals surface area contributed by atoms with Gasteiger partial charge in [-0.15, -0.1) is 0 Å². The first-order valence-corrected chi connectivity index (χ1v) is 5.88. The van der Waals surface area contributed by atoms with E-state index in [2.05, 4.69) is 31.2 Å². The molecule has 1 aromatic heterocycles. The molecule has 0 aliphatic carbocycles. The molecule has 1 N–H and O–H groups in total. The lowest BCUT2D eigenvalue weighted by molar-refractivity contribution is 0.627. The Bertz CT molecular complexity index is 557. The van der Waals surface area contributed by atoms with Crippen molar-refractivity contribution in [2.75, 3.05) is 12.4 Å². The molecule has 0 saturated carbocycles. The summed E-state index contributed by atoms with van der Waals surface area (Å²) in [6.45, 7) is 1.90. The topological polar surface area (TPSA) is 37.8 Å². The van der Waals surface area contributed by atoms with Crippen molar-refractivity contribution in [1.29, 1.82) is 0 Å². The molecule has 0 amide bonds. The van der Waals surface area contributed by atoms with Crippen molar-refractivity contribution in [3.63, 3.8) is 0 Å². The monoisotopic (exact) mass is 295 g/mol. The molecule has 2 rings (SSSR count). The van der Waals surface area contributed by atoms with Gasteiger partial charge in [-0.2, -0.15) is 0 Å². The van der Waals surface area contributed by atoms with E-state index in [1.165, 1.54) is 12.1 Å². The van der Waals surface area contributed by atoms with Crippen LogP contribution in [0.5, 0.6) is 0 Å². The van der Waals surface area contributed by atoms with Crippen molar-refractivity contribution in [2.45, 2.75) is 6.92 Å². The molecule has 17 heavy (non-hydrogen) atoms. The maximum Gasteiger partial charge on any atom is 0.161 e. The minimum atomic E-state index is -0.289. The van der Waals surface area contributed by atoms with E-state index in [0.717, 1.165) is 10.0 Å². The summed E-state index contributed by atoms with van der Waals surface area (Å²) in [6.07, 6.45) is 1.65. The summed E-state index contributed by atoms with van der Waals surface area (Å²) >= 11 is 3.33. The standard InChI is InChI=1S/C12H11BrFN3/c1-7-3-4-8(14)5-9(7)11-16-6-10(13)12(15-2)17-11/h3-6H,1-2H3,(H,15,16,17). The summed E-state index contributed by atoms with van der Waals surface area (Å²) in [6, 6.07) is 4.59. The van der Waals surface area contributed by atoms with Crippen molar-refractivity contribution in [3.8, 4) is 11.4 Å². The second-order valence-electron chi connectivity index (χ2n) is 3.60.